The predicted molar refractivity (Wildman–Crippen MR) is 90.0 cm³/mol. The zero-order valence-corrected chi connectivity index (χ0v) is 12.5. The first-order valence-corrected chi connectivity index (χ1v) is 7.63. The molecule has 0 amide bonds. The predicted octanol–water partition coefficient (Wildman–Crippen LogP) is 5.12. The van der Waals surface area contributed by atoms with E-state index in [0.717, 1.165) is 26.2 Å². The Morgan fingerprint density at radius 3 is 2.50 bits per heavy atom. The molecule has 0 unspecified atom stereocenters. The van der Waals surface area contributed by atoms with Crippen molar-refractivity contribution >= 4 is 48.7 Å². The molecular formula is C17H11NO3S. The SMILES string of the molecule is COc1c([N+](=O)[O-])c2ccc3sccc3c2c2ccccc12. The van der Waals surface area contributed by atoms with Gasteiger partial charge in [0.2, 0.25) is 5.75 Å². The highest BCUT2D eigenvalue weighted by Gasteiger charge is 2.24. The maximum Gasteiger partial charge on any atom is 0.319 e. The Bertz CT molecular complexity index is 1050. The van der Waals surface area contributed by atoms with E-state index in [2.05, 4.69) is 0 Å². The third kappa shape index (κ3) is 1.63. The topological polar surface area (TPSA) is 52.4 Å². The summed E-state index contributed by atoms with van der Waals surface area (Å²) in [7, 11) is 1.48. The summed E-state index contributed by atoms with van der Waals surface area (Å²) >= 11 is 1.63. The van der Waals surface area contributed by atoms with Crippen LogP contribution in [0.5, 0.6) is 5.75 Å². The summed E-state index contributed by atoms with van der Waals surface area (Å²) in [6.07, 6.45) is 0. The largest absolute Gasteiger partial charge is 0.490 e. The van der Waals surface area contributed by atoms with E-state index in [4.69, 9.17) is 4.74 Å². The molecule has 0 saturated carbocycles. The third-order valence-corrected chi connectivity index (χ3v) is 4.82. The van der Waals surface area contributed by atoms with Crippen LogP contribution in [0.15, 0.2) is 47.8 Å². The van der Waals surface area contributed by atoms with Gasteiger partial charge in [0.15, 0.2) is 0 Å². The highest BCUT2D eigenvalue weighted by atomic mass is 32.1. The van der Waals surface area contributed by atoms with Gasteiger partial charge in [0.25, 0.3) is 0 Å². The molecule has 0 aliphatic rings. The molecule has 0 bridgehead atoms. The molecule has 1 aromatic heterocycles. The molecule has 22 heavy (non-hydrogen) atoms. The van der Waals surface area contributed by atoms with Crippen molar-refractivity contribution in [3.05, 3.63) is 58.0 Å². The molecule has 0 fully saturated rings. The monoisotopic (exact) mass is 309 g/mol. The first-order valence-electron chi connectivity index (χ1n) is 6.75. The number of fused-ring (bicyclic) bond motifs is 5. The third-order valence-electron chi connectivity index (χ3n) is 3.93. The van der Waals surface area contributed by atoms with Crippen molar-refractivity contribution in [2.75, 3.05) is 7.11 Å². The zero-order valence-electron chi connectivity index (χ0n) is 11.7. The van der Waals surface area contributed by atoms with Crippen LogP contribution in [0.3, 0.4) is 0 Å². The molecule has 4 aromatic rings. The Hall–Kier alpha value is -2.66. The number of rotatable bonds is 2. The molecule has 108 valence electrons. The van der Waals surface area contributed by atoms with Gasteiger partial charge in [-0.05, 0) is 29.0 Å². The van der Waals surface area contributed by atoms with Crippen molar-refractivity contribution in [3.63, 3.8) is 0 Å². The first-order chi connectivity index (χ1) is 10.7. The quantitative estimate of drug-likeness (QED) is 0.293. The Balaban J connectivity index is 2.40. The molecule has 3 aromatic carbocycles. The Morgan fingerprint density at radius 1 is 1.00 bits per heavy atom. The molecule has 5 heteroatoms. The lowest BCUT2D eigenvalue weighted by Crippen LogP contribution is -1.96. The van der Waals surface area contributed by atoms with Gasteiger partial charge in [0.05, 0.1) is 17.4 Å². The minimum absolute atomic E-state index is 0.0318. The Labute approximate surface area is 129 Å². The second kappa shape index (κ2) is 4.68. The van der Waals surface area contributed by atoms with Gasteiger partial charge in [0.1, 0.15) is 0 Å². The van der Waals surface area contributed by atoms with Crippen LogP contribution < -0.4 is 4.74 Å². The molecule has 0 aliphatic carbocycles. The molecule has 0 saturated heterocycles. The molecule has 1 heterocycles. The van der Waals surface area contributed by atoms with Crippen LogP contribution in [0.1, 0.15) is 0 Å². The summed E-state index contributed by atoms with van der Waals surface area (Å²) in [5.74, 6) is 0.322. The summed E-state index contributed by atoms with van der Waals surface area (Å²) in [4.78, 5) is 11.3. The molecule has 0 spiro atoms. The normalized spacial score (nSPS) is 11.3. The van der Waals surface area contributed by atoms with Crippen molar-refractivity contribution in [3.8, 4) is 5.75 Å². The minimum atomic E-state index is -0.355. The fraction of sp³-hybridized carbons (Fsp3) is 0.0588. The lowest BCUT2D eigenvalue weighted by Gasteiger charge is -2.11. The van der Waals surface area contributed by atoms with E-state index in [1.165, 1.54) is 7.11 Å². The number of hydrogen-bond donors (Lipinski definition) is 0. The van der Waals surface area contributed by atoms with Crippen LogP contribution in [-0.2, 0) is 0 Å². The van der Waals surface area contributed by atoms with Crippen molar-refractivity contribution < 1.29 is 9.66 Å². The van der Waals surface area contributed by atoms with Crippen LogP contribution in [0, 0.1) is 10.1 Å². The second-order valence-corrected chi connectivity index (χ2v) is 5.95. The highest BCUT2D eigenvalue weighted by Crippen LogP contribution is 2.45. The average molecular weight is 309 g/mol. The smallest absolute Gasteiger partial charge is 0.319 e. The van der Waals surface area contributed by atoms with E-state index >= 15 is 0 Å². The fourth-order valence-corrected chi connectivity index (χ4v) is 3.86. The standard InChI is InChI=1S/C17H11NO3S/c1-21-17-11-5-3-2-4-10(11)15-12-8-9-22-14(12)7-6-13(15)16(17)18(19)20/h2-9H,1H3. The van der Waals surface area contributed by atoms with Crippen molar-refractivity contribution in [1.29, 1.82) is 0 Å². The van der Waals surface area contributed by atoms with E-state index in [0.29, 0.717) is 11.1 Å². The van der Waals surface area contributed by atoms with Crippen molar-refractivity contribution in [2.45, 2.75) is 0 Å². The van der Waals surface area contributed by atoms with Gasteiger partial charge in [-0.1, -0.05) is 24.3 Å². The summed E-state index contributed by atoms with van der Waals surface area (Å²) < 4.78 is 6.50. The fourth-order valence-electron chi connectivity index (χ4n) is 3.07. The van der Waals surface area contributed by atoms with Crippen molar-refractivity contribution in [2.24, 2.45) is 0 Å². The van der Waals surface area contributed by atoms with Crippen LogP contribution in [-0.4, -0.2) is 12.0 Å². The van der Waals surface area contributed by atoms with Gasteiger partial charge in [-0.2, -0.15) is 0 Å². The number of benzene rings is 3. The molecule has 0 radical (unpaired) electrons. The Kier molecular flexibility index (Phi) is 2.77. The number of nitro groups is 1. The van der Waals surface area contributed by atoms with Gasteiger partial charge in [-0.3, -0.25) is 10.1 Å². The maximum absolute atomic E-state index is 11.6. The molecular weight excluding hydrogens is 298 g/mol. The lowest BCUT2D eigenvalue weighted by molar-refractivity contribution is -0.383. The van der Waals surface area contributed by atoms with Crippen LogP contribution in [0.4, 0.5) is 5.69 Å². The van der Waals surface area contributed by atoms with Crippen LogP contribution in [0.2, 0.25) is 0 Å². The van der Waals surface area contributed by atoms with Gasteiger partial charge < -0.3 is 4.74 Å². The van der Waals surface area contributed by atoms with Gasteiger partial charge in [-0.25, -0.2) is 0 Å². The number of nitrogens with zero attached hydrogens (tertiary/aromatic N) is 1. The highest BCUT2D eigenvalue weighted by molar-refractivity contribution is 7.17. The summed E-state index contributed by atoms with van der Waals surface area (Å²) in [6, 6.07) is 13.4. The zero-order chi connectivity index (χ0) is 15.3. The van der Waals surface area contributed by atoms with E-state index in [1.54, 1.807) is 11.3 Å². The molecule has 0 N–H and O–H groups in total. The van der Waals surface area contributed by atoms with Crippen LogP contribution >= 0.6 is 11.3 Å². The molecule has 0 aliphatic heterocycles. The van der Waals surface area contributed by atoms with Crippen molar-refractivity contribution in [1.82, 2.24) is 0 Å². The second-order valence-electron chi connectivity index (χ2n) is 5.01. The first kappa shape index (κ1) is 13.0. The number of hydrogen-bond acceptors (Lipinski definition) is 4. The number of thiophene rings is 1. The van der Waals surface area contributed by atoms with Gasteiger partial charge >= 0.3 is 5.69 Å². The van der Waals surface area contributed by atoms with Gasteiger partial charge in [-0.15, -0.1) is 11.3 Å². The summed E-state index contributed by atoms with van der Waals surface area (Å²) in [6.45, 7) is 0. The minimum Gasteiger partial charge on any atom is -0.490 e. The number of ether oxygens (including phenoxy) is 1. The number of nitro benzene ring substituents is 1. The summed E-state index contributed by atoms with van der Waals surface area (Å²) in [5.41, 5.74) is 0.0318. The summed E-state index contributed by atoms with van der Waals surface area (Å²) in [5, 5.41) is 18.0. The average Bonchev–Trinajstić information content (AvgIpc) is 3.01. The maximum atomic E-state index is 11.6. The number of methoxy groups -OCH3 is 1. The lowest BCUT2D eigenvalue weighted by atomic mass is 9.97. The van der Waals surface area contributed by atoms with E-state index < -0.39 is 0 Å². The van der Waals surface area contributed by atoms with E-state index in [1.807, 2.05) is 47.8 Å². The molecule has 4 rings (SSSR count). The van der Waals surface area contributed by atoms with Crippen LogP contribution in [0.25, 0.3) is 31.6 Å². The Morgan fingerprint density at radius 2 is 1.77 bits per heavy atom. The van der Waals surface area contributed by atoms with Gasteiger partial charge in [0, 0.05) is 20.9 Å². The molecule has 4 nitrogen and oxygen atoms in total. The molecule has 0 atom stereocenters. The van der Waals surface area contributed by atoms with E-state index in [-0.39, 0.29) is 10.6 Å². The van der Waals surface area contributed by atoms with E-state index in [9.17, 15) is 10.1 Å².